The first-order valence-corrected chi connectivity index (χ1v) is 15.5. The van der Waals surface area contributed by atoms with Crippen LogP contribution in [0.25, 0.3) is 0 Å². The van der Waals surface area contributed by atoms with Crippen LogP contribution in [0.1, 0.15) is 61.3 Å². The van der Waals surface area contributed by atoms with Gasteiger partial charge in [-0.2, -0.15) is 0 Å². The third kappa shape index (κ3) is 7.17. The van der Waals surface area contributed by atoms with Gasteiger partial charge in [-0.15, -0.1) is 0 Å². The largest absolute Gasteiger partial charge is 0.459 e. The predicted octanol–water partition coefficient (Wildman–Crippen LogP) is 0.0657. The van der Waals surface area contributed by atoms with Crippen molar-refractivity contribution in [2.45, 2.75) is 115 Å². The molecule has 0 aromatic carbocycles. The third-order valence-electron chi connectivity index (χ3n) is 10.8. The van der Waals surface area contributed by atoms with Crippen molar-refractivity contribution in [1.82, 2.24) is 5.32 Å². The summed E-state index contributed by atoms with van der Waals surface area (Å²) >= 11 is 0. The van der Waals surface area contributed by atoms with Gasteiger partial charge in [0.15, 0.2) is 11.9 Å². The molecule has 1 amide bonds. The molecule has 0 aromatic heterocycles. The van der Waals surface area contributed by atoms with Crippen molar-refractivity contribution >= 4 is 23.8 Å². The van der Waals surface area contributed by atoms with E-state index in [1.165, 1.54) is 19.9 Å². The predicted molar refractivity (Wildman–Crippen MR) is 159 cm³/mol. The smallest absolute Gasteiger partial charge is 0.407 e. The molecule has 1 aliphatic heterocycles. The minimum atomic E-state index is -2.21. The molecule has 3 aliphatic carbocycles. The number of rotatable bonds is 8. The third-order valence-corrected chi connectivity index (χ3v) is 10.8. The molecule has 0 spiro atoms. The second-order valence-electron chi connectivity index (χ2n) is 14.1. The minimum absolute atomic E-state index is 0. The fourth-order valence-electron chi connectivity index (χ4n) is 8.08. The van der Waals surface area contributed by atoms with E-state index in [4.69, 9.17) is 18.9 Å². The number of fused-ring (bicyclic) bond motifs is 5. The number of Topliss-reactive ketones (excluding diaryl/α,β-unsaturated/α-hetero) is 1. The molecule has 1 unspecified atom stereocenters. The van der Waals surface area contributed by atoms with Crippen LogP contribution in [0.4, 0.5) is 4.79 Å². The number of aliphatic hydroxyl groups is 5. The second-order valence-corrected chi connectivity index (χ2v) is 14.1. The zero-order chi connectivity index (χ0) is 34.7. The van der Waals surface area contributed by atoms with Crippen LogP contribution in [0.3, 0.4) is 0 Å². The molecule has 14 nitrogen and oxygen atoms in total. The molecule has 2 radical (unpaired) electrons. The number of hydrogen-bond acceptors (Lipinski definition) is 13. The zero-order valence-corrected chi connectivity index (χ0v) is 38.0. The Morgan fingerprint density at radius 3 is 2.23 bits per heavy atom. The molecule has 16 heteroatoms. The van der Waals surface area contributed by atoms with Crippen LogP contribution in [0.5, 0.6) is 0 Å². The van der Waals surface area contributed by atoms with Crippen molar-refractivity contribution < 1.29 is 152 Å². The van der Waals surface area contributed by atoms with E-state index in [1.54, 1.807) is 27.7 Å². The van der Waals surface area contributed by atoms with Gasteiger partial charge in [0.1, 0.15) is 36.1 Å². The fraction of sp³-hybridized carbons (Fsp3) is 0.750. The summed E-state index contributed by atoms with van der Waals surface area (Å²) in [5.41, 5.74) is -7.29. The molecule has 4 rings (SSSR count). The topological polar surface area (TPSA) is 218 Å². The first kappa shape index (κ1) is 44.2. The number of esters is 2. The van der Waals surface area contributed by atoms with E-state index in [9.17, 15) is 44.7 Å². The Morgan fingerprint density at radius 2 is 1.73 bits per heavy atom. The number of alkyl carbamates (subject to hydrolysis) is 1. The maximum absolute atomic E-state index is 14.3. The molecule has 4 aliphatic rings. The van der Waals surface area contributed by atoms with Crippen molar-refractivity contribution in [1.29, 1.82) is 0 Å². The van der Waals surface area contributed by atoms with Gasteiger partial charge in [0.2, 0.25) is 0 Å². The number of ketones is 1. The summed E-state index contributed by atoms with van der Waals surface area (Å²) in [6.07, 6.45) is -9.39. The Hall–Kier alpha value is 0.00312. The van der Waals surface area contributed by atoms with E-state index < -0.39 is 107 Å². The Bertz CT molecular complexity index is 1320. The summed E-state index contributed by atoms with van der Waals surface area (Å²) in [5.74, 6) is -4.83. The van der Waals surface area contributed by atoms with Crippen molar-refractivity contribution in [2.24, 2.45) is 22.7 Å². The average molecular weight is 1110 g/mol. The van der Waals surface area contributed by atoms with Crippen molar-refractivity contribution in [3.63, 3.8) is 0 Å². The number of aliphatic hydroxyl groups excluding tert-OH is 3. The van der Waals surface area contributed by atoms with Crippen LogP contribution < -0.4 is 5.32 Å². The standard InChI is InChI=1S/C32H47NO13.2Ac/c1-9-10-43-28(40)33-21(14(2)3)23(37)27(39)46-17-12-32(42)26(45-16(5)34)24-30(8,18(35)11-19-31(24,41)13-44-19)25(38)22(36)20(15(17)4)29(32,6)7;;/h9,14,17-19,21-24,26,35-37,41-42H,1,10-13H2,2-8H3,(H,33,40);;/t17?,18-,19+,21-,22+,23+,24-,26-,30+,31-,32+;;/m0../s1. The van der Waals surface area contributed by atoms with Crippen LogP contribution in [0, 0.1) is 111 Å². The number of carbonyl (C=O) groups is 4. The maximum atomic E-state index is 14.3. The number of hydrogen-bond donors (Lipinski definition) is 6. The Kier molecular flexibility index (Phi) is 14.7. The Labute approximate surface area is 351 Å². The summed E-state index contributed by atoms with van der Waals surface area (Å²) in [5, 5.41) is 61.2. The summed E-state index contributed by atoms with van der Waals surface area (Å²) < 4.78 is 22.0. The van der Waals surface area contributed by atoms with Gasteiger partial charge < -0.3 is 49.8 Å². The van der Waals surface area contributed by atoms with E-state index in [1.807, 2.05) is 0 Å². The second kappa shape index (κ2) is 15.9. The minimum Gasteiger partial charge on any atom is -0.459 e. The summed E-state index contributed by atoms with van der Waals surface area (Å²) in [6.45, 7) is 13.4. The fourth-order valence-corrected chi connectivity index (χ4v) is 8.08. The van der Waals surface area contributed by atoms with Crippen LogP contribution in [0.2, 0.25) is 0 Å². The van der Waals surface area contributed by atoms with E-state index in [2.05, 4.69) is 11.9 Å². The molecule has 2 saturated carbocycles. The maximum Gasteiger partial charge on any atom is 0.407 e. The van der Waals surface area contributed by atoms with Crippen LogP contribution >= 0.6 is 0 Å². The quantitative estimate of drug-likeness (QED) is 0.108. The molecule has 48 heavy (non-hydrogen) atoms. The van der Waals surface area contributed by atoms with Gasteiger partial charge >= 0.3 is 18.0 Å². The molecule has 2 bridgehead atoms. The molecule has 0 aromatic rings. The van der Waals surface area contributed by atoms with E-state index in [0.29, 0.717) is 0 Å². The van der Waals surface area contributed by atoms with Gasteiger partial charge in [-0.3, -0.25) is 9.59 Å². The number of ether oxygens (including phenoxy) is 4. The van der Waals surface area contributed by atoms with Crippen molar-refractivity contribution in [3.8, 4) is 0 Å². The molecule has 6 N–H and O–H groups in total. The van der Waals surface area contributed by atoms with Crippen LogP contribution in [-0.2, 0) is 33.3 Å². The summed E-state index contributed by atoms with van der Waals surface area (Å²) in [7, 11) is 0. The summed E-state index contributed by atoms with van der Waals surface area (Å²) in [6, 6.07) is -1.15. The van der Waals surface area contributed by atoms with Gasteiger partial charge in [-0.1, -0.05) is 40.3 Å². The SMILES string of the molecule is C=CCOC(=O)N[C@@H](C(C)C)[C@@H](O)C(=O)OC1C[C@@]2(O)[C@@H](OC(C)=O)[C@@H]3[C@]4(O)CO[C@@H]4C[C@H](O)[C@@]3(C)C(=O)[C@H](O)C(=C1C)C2(C)C.[Ac].[Ac]. The number of nitrogens with one attached hydrogen (secondary N) is 1. The molecular weight excluding hydrogens is 1060 g/mol. The monoisotopic (exact) mass is 1110 g/mol. The van der Waals surface area contributed by atoms with Crippen LogP contribution in [0.15, 0.2) is 23.8 Å². The first-order valence-electron chi connectivity index (χ1n) is 15.5. The molecule has 1 saturated heterocycles. The molecular formula is C32H47Ac2NO13. The van der Waals surface area contributed by atoms with E-state index >= 15 is 0 Å². The van der Waals surface area contributed by atoms with Crippen molar-refractivity contribution in [3.05, 3.63) is 23.8 Å². The normalized spacial score (nSPS) is 37.7. The molecule has 11 atom stereocenters. The number of carbonyl (C=O) groups excluding carboxylic acids is 4. The summed E-state index contributed by atoms with van der Waals surface area (Å²) in [4.78, 5) is 52.6. The van der Waals surface area contributed by atoms with Gasteiger partial charge in [0, 0.05) is 119 Å². The first-order chi connectivity index (χ1) is 21.2. The van der Waals surface area contributed by atoms with Gasteiger partial charge in [-0.25, -0.2) is 9.59 Å². The van der Waals surface area contributed by atoms with E-state index in [0.717, 1.165) is 6.92 Å². The van der Waals surface area contributed by atoms with Crippen molar-refractivity contribution in [2.75, 3.05) is 13.2 Å². The van der Waals surface area contributed by atoms with Crippen LogP contribution in [-0.4, -0.2) is 116 Å². The average Bonchev–Trinajstić information content (AvgIpc) is 2.96. The molecule has 3 fully saturated rings. The Morgan fingerprint density at radius 1 is 1.12 bits per heavy atom. The van der Waals surface area contributed by atoms with Gasteiger partial charge in [0.25, 0.3) is 0 Å². The van der Waals surface area contributed by atoms with Gasteiger partial charge in [-0.05, 0) is 30.9 Å². The molecule has 1 heterocycles. The number of amides is 1. The van der Waals surface area contributed by atoms with E-state index in [-0.39, 0.29) is 119 Å². The molecule has 264 valence electrons. The zero-order valence-electron chi connectivity index (χ0n) is 28.5. The Balaban J connectivity index is 0.00000400. The van der Waals surface area contributed by atoms with Gasteiger partial charge in [0.05, 0.1) is 30.3 Å².